The van der Waals surface area contributed by atoms with Gasteiger partial charge in [0.1, 0.15) is 11.4 Å². The van der Waals surface area contributed by atoms with Crippen molar-refractivity contribution in [2.75, 3.05) is 29.5 Å². The highest BCUT2D eigenvalue weighted by molar-refractivity contribution is 7.99. The van der Waals surface area contributed by atoms with Crippen molar-refractivity contribution in [3.63, 3.8) is 0 Å². The van der Waals surface area contributed by atoms with Crippen molar-refractivity contribution in [3.8, 4) is 5.69 Å². The number of rotatable bonds is 3. The Kier molecular flexibility index (Phi) is 4.53. The summed E-state index contributed by atoms with van der Waals surface area (Å²) in [7, 11) is 0. The minimum Gasteiger partial charge on any atom is -0.477 e. The van der Waals surface area contributed by atoms with Gasteiger partial charge in [0, 0.05) is 42.7 Å². The van der Waals surface area contributed by atoms with Crippen molar-refractivity contribution in [2.45, 2.75) is 0 Å². The average Bonchev–Trinajstić information content (AvgIpc) is 2.69. The third-order valence-corrected chi connectivity index (χ3v) is 5.30. The molecule has 0 atom stereocenters. The van der Waals surface area contributed by atoms with Crippen LogP contribution in [0.25, 0.3) is 16.7 Å². The Balaban J connectivity index is 1.96. The molecule has 0 saturated carbocycles. The number of hydrogen-bond acceptors (Lipinski definition) is 6. The third-order valence-electron chi connectivity index (χ3n) is 4.36. The maximum absolute atomic E-state index is 13.3. The first kappa shape index (κ1) is 17.5. The van der Waals surface area contributed by atoms with Crippen LogP contribution >= 0.6 is 11.8 Å². The van der Waals surface area contributed by atoms with Crippen LogP contribution in [0.5, 0.6) is 0 Å². The van der Waals surface area contributed by atoms with E-state index in [0.29, 0.717) is 17.3 Å². The lowest BCUT2D eigenvalue weighted by atomic mass is 10.2. The first-order chi connectivity index (χ1) is 13.0. The fraction of sp³-hybridized carbons (Fsp3) is 0.222. The Morgan fingerprint density at radius 1 is 1.19 bits per heavy atom. The number of pyridine rings is 1. The fourth-order valence-electron chi connectivity index (χ4n) is 2.97. The molecule has 1 saturated heterocycles. The third kappa shape index (κ3) is 3.25. The molecule has 0 aliphatic carbocycles. The van der Waals surface area contributed by atoms with E-state index >= 15 is 0 Å². The topological polar surface area (TPSA) is 88.3 Å². The molecule has 138 valence electrons. The van der Waals surface area contributed by atoms with E-state index in [0.717, 1.165) is 24.6 Å². The molecule has 1 N–H and O–H groups in total. The minimum atomic E-state index is -1.34. The van der Waals surface area contributed by atoms with Gasteiger partial charge in [-0.05, 0) is 24.3 Å². The number of hydrogen-bond donors (Lipinski definition) is 1. The van der Waals surface area contributed by atoms with Crippen molar-refractivity contribution < 1.29 is 14.3 Å². The van der Waals surface area contributed by atoms with Gasteiger partial charge >= 0.3 is 5.97 Å². The van der Waals surface area contributed by atoms with E-state index in [9.17, 15) is 19.1 Å². The van der Waals surface area contributed by atoms with Crippen molar-refractivity contribution in [1.82, 2.24) is 14.5 Å². The molecular formula is C18H15FN4O3S. The maximum Gasteiger partial charge on any atom is 0.341 e. The van der Waals surface area contributed by atoms with E-state index in [1.807, 2.05) is 16.7 Å². The first-order valence-corrected chi connectivity index (χ1v) is 9.44. The molecule has 7 nitrogen and oxygen atoms in total. The molecule has 9 heteroatoms. The van der Waals surface area contributed by atoms with Gasteiger partial charge in [0.25, 0.3) is 0 Å². The summed E-state index contributed by atoms with van der Waals surface area (Å²) in [5.74, 6) is 0.661. The number of nitrogens with zero attached hydrogens (tertiary/aromatic N) is 4. The standard InChI is InChI=1S/C18H15FN4O3S/c19-11-1-3-12(4-2-11)23-10-14(17(25)26)15(24)13-9-20-18(21-16(13)23)22-5-7-27-8-6-22/h1-4,9-10H,5-8H2,(H,25,26). The number of fused-ring (bicyclic) bond motifs is 1. The molecule has 3 aromatic rings. The second-order valence-corrected chi connectivity index (χ2v) is 7.25. The number of carbonyl (C=O) groups is 1. The molecule has 1 aliphatic rings. The van der Waals surface area contributed by atoms with Gasteiger partial charge < -0.3 is 14.6 Å². The number of aromatic carboxylic acids is 1. The number of thioether (sulfide) groups is 1. The number of aromatic nitrogens is 3. The van der Waals surface area contributed by atoms with E-state index in [2.05, 4.69) is 9.97 Å². The van der Waals surface area contributed by atoms with E-state index in [-0.39, 0.29) is 5.39 Å². The lowest BCUT2D eigenvalue weighted by molar-refractivity contribution is 0.0695. The molecule has 27 heavy (non-hydrogen) atoms. The van der Waals surface area contributed by atoms with Crippen LogP contribution in [0.3, 0.4) is 0 Å². The molecule has 2 aromatic heterocycles. The molecule has 3 heterocycles. The van der Waals surface area contributed by atoms with Crippen LogP contribution in [0, 0.1) is 5.82 Å². The Morgan fingerprint density at radius 2 is 1.89 bits per heavy atom. The average molecular weight is 386 g/mol. The first-order valence-electron chi connectivity index (χ1n) is 8.29. The minimum absolute atomic E-state index is 0.106. The highest BCUT2D eigenvalue weighted by Gasteiger charge is 2.20. The molecule has 0 bridgehead atoms. The zero-order valence-corrected chi connectivity index (χ0v) is 14.9. The van der Waals surface area contributed by atoms with Gasteiger partial charge in [0.15, 0.2) is 5.65 Å². The van der Waals surface area contributed by atoms with E-state index in [4.69, 9.17) is 0 Å². The fourth-order valence-corrected chi connectivity index (χ4v) is 3.87. The zero-order valence-electron chi connectivity index (χ0n) is 14.1. The van der Waals surface area contributed by atoms with Crippen molar-refractivity contribution in [2.24, 2.45) is 0 Å². The van der Waals surface area contributed by atoms with Crippen LogP contribution in [0.2, 0.25) is 0 Å². The van der Waals surface area contributed by atoms with E-state index < -0.39 is 22.8 Å². The summed E-state index contributed by atoms with van der Waals surface area (Å²) < 4.78 is 14.8. The van der Waals surface area contributed by atoms with Crippen molar-refractivity contribution in [3.05, 3.63) is 58.3 Å². The normalized spacial score (nSPS) is 14.5. The monoisotopic (exact) mass is 386 g/mol. The van der Waals surface area contributed by atoms with Crippen LogP contribution in [0.4, 0.5) is 10.3 Å². The molecule has 1 fully saturated rings. The summed E-state index contributed by atoms with van der Waals surface area (Å²) in [4.78, 5) is 34.9. The molecule has 0 spiro atoms. The summed E-state index contributed by atoms with van der Waals surface area (Å²) in [6.07, 6.45) is 2.59. The maximum atomic E-state index is 13.3. The summed E-state index contributed by atoms with van der Waals surface area (Å²) in [5.41, 5.74) is -0.239. The molecule has 1 aromatic carbocycles. The summed E-state index contributed by atoms with van der Waals surface area (Å²) in [6.45, 7) is 1.59. The van der Waals surface area contributed by atoms with E-state index in [1.165, 1.54) is 41.2 Å². The van der Waals surface area contributed by atoms with Gasteiger partial charge in [0.05, 0.1) is 5.39 Å². The molecular weight excluding hydrogens is 371 g/mol. The van der Waals surface area contributed by atoms with Gasteiger partial charge in [0.2, 0.25) is 11.4 Å². The van der Waals surface area contributed by atoms with Crippen LogP contribution in [0.15, 0.2) is 41.5 Å². The Labute approximate surface area is 157 Å². The molecule has 4 rings (SSSR count). The van der Waals surface area contributed by atoms with Crippen molar-refractivity contribution in [1.29, 1.82) is 0 Å². The Bertz CT molecular complexity index is 1080. The number of benzene rings is 1. The molecule has 0 unspecified atom stereocenters. The van der Waals surface area contributed by atoms with Crippen LogP contribution < -0.4 is 10.3 Å². The largest absolute Gasteiger partial charge is 0.477 e. The molecule has 1 aliphatic heterocycles. The Hall–Kier alpha value is -2.94. The lowest BCUT2D eigenvalue weighted by Crippen LogP contribution is -2.34. The highest BCUT2D eigenvalue weighted by atomic mass is 32.2. The highest BCUT2D eigenvalue weighted by Crippen LogP contribution is 2.20. The van der Waals surface area contributed by atoms with Crippen LogP contribution in [-0.4, -0.2) is 50.2 Å². The SMILES string of the molecule is O=C(O)c1cn(-c2ccc(F)cc2)c2nc(N3CCSCC3)ncc2c1=O. The van der Waals surface area contributed by atoms with E-state index in [1.54, 1.807) is 0 Å². The van der Waals surface area contributed by atoms with Gasteiger partial charge in [-0.3, -0.25) is 4.79 Å². The zero-order chi connectivity index (χ0) is 19.0. The summed E-state index contributed by atoms with van der Waals surface area (Å²) in [6, 6.07) is 5.54. The Morgan fingerprint density at radius 3 is 2.56 bits per heavy atom. The van der Waals surface area contributed by atoms with Gasteiger partial charge in [-0.15, -0.1) is 0 Å². The van der Waals surface area contributed by atoms with Crippen molar-refractivity contribution >= 4 is 34.7 Å². The van der Waals surface area contributed by atoms with Gasteiger partial charge in [-0.1, -0.05) is 0 Å². The number of carboxylic acid groups (broad SMARTS) is 1. The predicted octanol–water partition coefficient (Wildman–Crippen LogP) is 2.17. The lowest BCUT2D eigenvalue weighted by Gasteiger charge is -2.26. The number of carboxylic acids is 1. The molecule has 0 amide bonds. The number of anilines is 1. The van der Waals surface area contributed by atoms with Crippen LogP contribution in [-0.2, 0) is 0 Å². The predicted molar refractivity (Wildman–Crippen MR) is 102 cm³/mol. The smallest absolute Gasteiger partial charge is 0.341 e. The summed E-state index contributed by atoms with van der Waals surface area (Å²) in [5, 5.41) is 9.48. The van der Waals surface area contributed by atoms with Crippen LogP contribution in [0.1, 0.15) is 10.4 Å². The van der Waals surface area contributed by atoms with Gasteiger partial charge in [-0.2, -0.15) is 16.7 Å². The molecule has 0 radical (unpaired) electrons. The number of halogens is 1. The second-order valence-electron chi connectivity index (χ2n) is 6.03. The second kappa shape index (κ2) is 6.99. The summed E-state index contributed by atoms with van der Waals surface area (Å²) >= 11 is 1.85. The quantitative estimate of drug-likeness (QED) is 0.738. The van der Waals surface area contributed by atoms with Gasteiger partial charge in [-0.25, -0.2) is 14.2 Å².